The number of halogens is 3. The Morgan fingerprint density at radius 2 is 1.68 bits per heavy atom. The van der Waals surface area contributed by atoms with Gasteiger partial charge in [0.05, 0.1) is 11.3 Å². The quantitative estimate of drug-likeness (QED) is 0.763. The van der Waals surface area contributed by atoms with E-state index in [2.05, 4.69) is 22.2 Å². The highest BCUT2D eigenvalue weighted by atomic mass is 32.1. The highest BCUT2D eigenvalue weighted by Gasteiger charge is 2.39. The molecule has 0 unspecified atom stereocenters. The van der Waals surface area contributed by atoms with Crippen LogP contribution in [-0.4, -0.2) is 56.3 Å². The van der Waals surface area contributed by atoms with Gasteiger partial charge >= 0.3 is 6.18 Å². The number of anilines is 1. The molecule has 0 aliphatic carbocycles. The maximum absolute atomic E-state index is 13.0. The van der Waals surface area contributed by atoms with Crippen LogP contribution in [0.5, 0.6) is 0 Å². The molecular formula is C20H24F3N3OS. The van der Waals surface area contributed by atoms with Crippen LogP contribution >= 0.6 is 11.3 Å². The summed E-state index contributed by atoms with van der Waals surface area (Å²) in [6, 6.07) is 5.59. The fraction of sp³-hybridized carbons (Fsp3) is 0.550. The summed E-state index contributed by atoms with van der Waals surface area (Å²) in [7, 11) is 2.12. The van der Waals surface area contributed by atoms with Crippen molar-refractivity contribution in [1.29, 1.82) is 0 Å². The first kappa shape index (κ1) is 19.7. The zero-order valence-electron chi connectivity index (χ0n) is 15.8. The normalized spacial score (nSPS) is 21.1. The lowest BCUT2D eigenvalue weighted by atomic mass is 9.72. The zero-order valence-corrected chi connectivity index (χ0v) is 16.7. The van der Waals surface area contributed by atoms with Gasteiger partial charge in [0.2, 0.25) is 0 Å². The van der Waals surface area contributed by atoms with Crippen LogP contribution in [0.25, 0.3) is 0 Å². The molecule has 0 radical (unpaired) electrons. The number of piperazine rings is 1. The molecule has 0 N–H and O–H groups in total. The van der Waals surface area contributed by atoms with E-state index in [4.69, 9.17) is 9.72 Å². The average Bonchev–Trinajstić information content (AvgIpc) is 3.19. The maximum Gasteiger partial charge on any atom is 0.416 e. The van der Waals surface area contributed by atoms with E-state index in [1.807, 2.05) is 0 Å². The van der Waals surface area contributed by atoms with E-state index >= 15 is 0 Å². The first-order valence-corrected chi connectivity index (χ1v) is 10.4. The number of thiazole rings is 1. The second kappa shape index (κ2) is 7.65. The molecule has 3 heterocycles. The van der Waals surface area contributed by atoms with Gasteiger partial charge in [0, 0.05) is 50.2 Å². The van der Waals surface area contributed by atoms with E-state index in [0.717, 1.165) is 55.4 Å². The Bertz CT molecular complexity index is 792. The summed E-state index contributed by atoms with van der Waals surface area (Å²) < 4.78 is 44.5. The molecule has 2 aliphatic heterocycles. The predicted octanol–water partition coefficient (Wildman–Crippen LogP) is 4.01. The summed E-state index contributed by atoms with van der Waals surface area (Å²) in [6.45, 7) is 5.07. The van der Waals surface area contributed by atoms with Gasteiger partial charge < -0.3 is 14.5 Å². The van der Waals surface area contributed by atoms with Crippen molar-refractivity contribution in [3.05, 3.63) is 46.5 Å². The molecule has 1 aromatic heterocycles. The number of alkyl halides is 3. The third kappa shape index (κ3) is 3.77. The predicted molar refractivity (Wildman–Crippen MR) is 104 cm³/mol. The third-order valence-corrected chi connectivity index (χ3v) is 6.77. The second-order valence-electron chi connectivity index (χ2n) is 7.58. The minimum absolute atomic E-state index is 0.385. The van der Waals surface area contributed by atoms with Crippen molar-refractivity contribution in [3.63, 3.8) is 0 Å². The first-order chi connectivity index (χ1) is 13.4. The molecule has 2 aromatic rings. The summed E-state index contributed by atoms with van der Waals surface area (Å²) >= 11 is 1.63. The van der Waals surface area contributed by atoms with Crippen molar-refractivity contribution in [3.8, 4) is 0 Å². The smallest absolute Gasteiger partial charge is 0.381 e. The van der Waals surface area contributed by atoms with Gasteiger partial charge in [0.25, 0.3) is 0 Å². The summed E-state index contributed by atoms with van der Waals surface area (Å²) in [4.78, 5) is 9.55. The van der Waals surface area contributed by atoms with Crippen molar-refractivity contribution >= 4 is 16.5 Å². The molecule has 2 saturated heterocycles. The Morgan fingerprint density at radius 1 is 1.04 bits per heavy atom. The van der Waals surface area contributed by atoms with E-state index in [1.165, 1.54) is 12.1 Å². The van der Waals surface area contributed by atoms with Gasteiger partial charge in [-0.05, 0) is 37.6 Å². The Hall–Kier alpha value is -1.64. The van der Waals surface area contributed by atoms with E-state index in [-0.39, 0.29) is 5.41 Å². The lowest BCUT2D eigenvalue weighted by molar-refractivity contribution is -0.137. The van der Waals surface area contributed by atoms with Gasteiger partial charge in [-0.2, -0.15) is 13.2 Å². The Kier molecular flexibility index (Phi) is 5.37. The zero-order chi connectivity index (χ0) is 19.8. The summed E-state index contributed by atoms with van der Waals surface area (Å²) in [6.07, 6.45) is -2.87. The van der Waals surface area contributed by atoms with Gasteiger partial charge in [0.1, 0.15) is 0 Å². The lowest BCUT2D eigenvalue weighted by Crippen LogP contribution is -2.44. The van der Waals surface area contributed by atoms with E-state index in [0.29, 0.717) is 13.2 Å². The Balaban J connectivity index is 1.65. The van der Waals surface area contributed by atoms with E-state index in [1.54, 1.807) is 23.5 Å². The van der Waals surface area contributed by atoms with Crippen molar-refractivity contribution in [2.45, 2.75) is 24.4 Å². The molecule has 0 saturated carbocycles. The van der Waals surface area contributed by atoms with Crippen LogP contribution in [0.1, 0.15) is 29.7 Å². The van der Waals surface area contributed by atoms with Crippen molar-refractivity contribution in [1.82, 2.24) is 9.88 Å². The molecule has 0 spiro atoms. The third-order valence-electron chi connectivity index (χ3n) is 5.87. The molecule has 2 fully saturated rings. The van der Waals surface area contributed by atoms with Crippen LogP contribution in [0.4, 0.5) is 18.3 Å². The minimum Gasteiger partial charge on any atom is -0.381 e. The van der Waals surface area contributed by atoms with Gasteiger partial charge in [0.15, 0.2) is 5.13 Å². The molecule has 2 aliphatic rings. The van der Waals surface area contributed by atoms with Crippen molar-refractivity contribution in [2.75, 3.05) is 51.3 Å². The number of hydrogen-bond donors (Lipinski definition) is 0. The summed E-state index contributed by atoms with van der Waals surface area (Å²) in [5.41, 5.74) is 0.840. The molecule has 28 heavy (non-hydrogen) atoms. The van der Waals surface area contributed by atoms with Crippen LogP contribution in [0.15, 0.2) is 29.6 Å². The topological polar surface area (TPSA) is 28.6 Å². The number of nitrogens with zero attached hydrogens (tertiary/aromatic N) is 3. The Labute approximate surface area is 166 Å². The number of ether oxygens (including phenoxy) is 1. The van der Waals surface area contributed by atoms with Crippen molar-refractivity contribution in [2.24, 2.45) is 0 Å². The number of rotatable bonds is 3. The number of benzene rings is 1. The van der Waals surface area contributed by atoms with Crippen LogP contribution in [0, 0.1) is 0 Å². The number of likely N-dealkylation sites (N-methyl/N-ethyl adjacent to an activating group) is 1. The van der Waals surface area contributed by atoms with Crippen LogP contribution in [-0.2, 0) is 16.3 Å². The second-order valence-corrected chi connectivity index (χ2v) is 8.41. The first-order valence-electron chi connectivity index (χ1n) is 9.53. The molecule has 0 atom stereocenters. The number of hydrogen-bond acceptors (Lipinski definition) is 5. The largest absolute Gasteiger partial charge is 0.416 e. The minimum atomic E-state index is -4.32. The lowest BCUT2D eigenvalue weighted by Gasteiger charge is -2.37. The monoisotopic (exact) mass is 411 g/mol. The molecule has 0 amide bonds. The summed E-state index contributed by atoms with van der Waals surface area (Å²) in [5.74, 6) is 0. The van der Waals surface area contributed by atoms with Crippen LogP contribution in [0.2, 0.25) is 0 Å². The molecule has 152 valence electrons. The fourth-order valence-corrected chi connectivity index (χ4v) is 5.00. The van der Waals surface area contributed by atoms with Gasteiger partial charge in [-0.15, -0.1) is 11.3 Å². The van der Waals surface area contributed by atoms with E-state index < -0.39 is 11.7 Å². The van der Waals surface area contributed by atoms with Crippen LogP contribution < -0.4 is 4.90 Å². The summed E-state index contributed by atoms with van der Waals surface area (Å²) in [5, 5.41) is 3.08. The highest BCUT2D eigenvalue weighted by Crippen LogP contribution is 2.43. The van der Waals surface area contributed by atoms with Gasteiger partial charge in [-0.3, -0.25) is 0 Å². The maximum atomic E-state index is 13.0. The van der Waals surface area contributed by atoms with Gasteiger partial charge in [-0.1, -0.05) is 12.1 Å². The van der Waals surface area contributed by atoms with Crippen LogP contribution in [0.3, 0.4) is 0 Å². The molecule has 0 bridgehead atoms. The molecule has 1 aromatic carbocycles. The number of aromatic nitrogens is 1. The highest BCUT2D eigenvalue weighted by molar-refractivity contribution is 7.13. The fourth-order valence-electron chi connectivity index (χ4n) is 4.02. The SMILES string of the molecule is CN1CCN(c2nc(C3(c4ccc(C(F)(F)F)cc4)CCOCC3)cs2)CC1. The Morgan fingerprint density at radius 3 is 2.29 bits per heavy atom. The van der Waals surface area contributed by atoms with Gasteiger partial charge in [-0.25, -0.2) is 4.98 Å². The molecule has 4 rings (SSSR count). The average molecular weight is 411 g/mol. The molecular weight excluding hydrogens is 387 g/mol. The standard InChI is InChI=1S/C20H24F3N3OS/c1-25-8-10-26(11-9-25)18-24-17(14-28-18)19(6-12-27-13-7-19)15-2-4-16(5-3-15)20(21,22)23/h2-5,14H,6-13H2,1H3. The molecule has 8 heteroatoms. The van der Waals surface area contributed by atoms with Crippen molar-refractivity contribution < 1.29 is 17.9 Å². The van der Waals surface area contributed by atoms with E-state index in [9.17, 15) is 13.2 Å². The molecule has 4 nitrogen and oxygen atoms in total.